The lowest BCUT2D eigenvalue weighted by atomic mass is 9.98. The Labute approximate surface area is 594 Å². The van der Waals surface area contributed by atoms with Crippen LogP contribution in [-0.2, 0) is 9.53 Å². The van der Waals surface area contributed by atoms with Gasteiger partial charge in [-0.1, -0.05) is 463 Å². The van der Waals surface area contributed by atoms with Crippen LogP contribution in [-0.4, -0.2) is 80.7 Å². The van der Waals surface area contributed by atoms with Crippen LogP contribution in [0.15, 0.2) is 0 Å². The van der Waals surface area contributed by atoms with Crippen molar-refractivity contribution in [2.45, 2.75) is 544 Å². The van der Waals surface area contributed by atoms with E-state index in [4.69, 9.17) is 4.74 Å². The Bertz CT molecular complexity index is 1470. The first-order valence-electron chi connectivity index (χ1n) is 44.1. The van der Waals surface area contributed by atoms with Gasteiger partial charge in [0, 0.05) is 6.42 Å². The highest BCUT2D eigenvalue weighted by Gasteiger charge is 2.36. The molecular formula is C87H173NO7. The summed E-state index contributed by atoms with van der Waals surface area (Å²) in [6.07, 6.45) is 93.8. The molecule has 8 nitrogen and oxygen atoms in total. The fourth-order valence-electron chi connectivity index (χ4n) is 15.3. The number of nitrogens with one attached hydrogen (secondary N) is 1. The molecular weight excluding hydrogens is 1170 g/mol. The minimum atomic E-state index is -1.31. The van der Waals surface area contributed by atoms with Gasteiger partial charge in [-0.05, 0) is 32.1 Å². The molecule has 0 spiro atoms. The molecule has 0 heterocycles. The van der Waals surface area contributed by atoms with Crippen LogP contribution in [0.5, 0.6) is 0 Å². The SMILES string of the molecule is CCCCCCCCCCCCCCCCCCCCCCCCCCCCCCCCCCCCCCCCCCCCCCCCC(=O)N[C@@H](CO[C@H]1CCC[C@H](O)[C@H](O)[C@H]1O)[C@H](O)[C@H](O)CCCCCCCCCCCCCCCCCCCCCCCCCCC. The number of unbranched alkanes of at least 4 members (excludes halogenated alkanes) is 69. The Morgan fingerprint density at radius 1 is 0.316 bits per heavy atom. The topological polar surface area (TPSA) is 139 Å². The zero-order chi connectivity index (χ0) is 68.5. The molecule has 1 rings (SSSR count). The third-order valence-corrected chi connectivity index (χ3v) is 22.1. The van der Waals surface area contributed by atoms with Gasteiger partial charge in [-0.3, -0.25) is 4.79 Å². The van der Waals surface area contributed by atoms with Gasteiger partial charge in [0.25, 0.3) is 0 Å². The summed E-state index contributed by atoms with van der Waals surface area (Å²) < 4.78 is 6.06. The average molecular weight is 1350 g/mol. The molecule has 7 atom stereocenters. The van der Waals surface area contributed by atoms with Crippen LogP contribution in [0.3, 0.4) is 0 Å². The maximum atomic E-state index is 13.3. The number of aliphatic hydroxyl groups is 5. The highest BCUT2D eigenvalue weighted by molar-refractivity contribution is 5.76. The second-order valence-electron chi connectivity index (χ2n) is 31.5. The smallest absolute Gasteiger partial charge is 0.220 e. The van der Waals surface area contributed by atoms with E-state index in [9.17, 15) is 30.3 Å². The first-order chi connectivity index (χ1) is 46.8. The van der Waals surface area contributed by atoms with E-state index in [1.807, 2.05) is 0 Å². The van der Waals surface area contributed by atoms with Gasteiger partial charge in [-0.25, -0.2) is 0 Å². The molecule has 1 amide bonds. The molecule has 6 N–H and O–H groups in total. The number of rotatable bonds is 79. The van der Waals surface area contributed by atoms with Crippen LogP contribution < -0.4 is 5.32 Å². The lowest BCUT2D eigenvalue weighted by Crippen LogP contribution is -2.52. The van der Waals surface area contributed by atoms with Gasteiger partial charge in [0.05, 0.1) is 31.0 Å². The van der Waals surface area contributed by atoms with Crippen molar-refractivity contribution in [3.8, 4) is 0 Å². The molecule has 8 heteroatoms. The molecule has 0 aromatic rings. The van der Waals surface area contributed by atoms with Crippen molar-refractivity contribution in [2.75, 3.05) is 6.61 Å². The fraction of sp³-hybridized carbons (Fsp3) is 0.989. The van der Waals surface area contributed by atoms with Gasteiger partial charge in [0.15, 0.2) is 0 Å². The minimum absolute atomic E-state index is 0.0895. The largest absolute Gasteiger partial charge is 0.390 e. The number of carbonyl (C=O) groups is 1. The summed E-state index contributed by atoms with van der Waals surface area (Å²) in [7, 11) is 0. The molecule has 0 aromatic heterocycles. The lowest BCUT2D eigenvalue weighted by Gasteiger charge is -2.31. The molecule has 0 unspecified atom stereocenters. The maximum absolute atomic E-state index is 13.3. The van der Waals surface area contributed by atoms with E-state index >= 15 is 0 Å². The molecule has 0 aliphatic heterocycles. The zero-order valence-electron chi connectivity index (χ0n) is 64.5. The van der Waals surface area contributed by atoms with Gasteiger partial charge in [0.1, 0.15) is 18.3 Å². The van der Waals surface area contributed by atoms with Crippen LogP contribution in [0.4, 0.5) is 0 Å². The van der Waals surface area contributed by atoms with Crippen LogP contribution >= 0.6 is 0 Å². The summed E-state index contributed by atoms with van der Waals surface area (Å²) in [6, 6.07) is -0.841. The highest BCUT2D eigenvalue weighted by atomic mass is 16.5. The van der Waals surface area contributed by atoms with E-state index in [2.05, 4.69) is 19.2 Å². The third-order valence-electron chi connectivity index (χ3n) is 22.1. The summed E-state index contributed by atoms with van der Waals surface area (Å²) in [6.45, 7) is 4.51. The lowest BCUT2D eigenvalue weighted by molar-refractivity contribution is -0.132. The van der Waals surface area contributed by atoms with Crippen LogP contribution in [0.1, 0.15) is 502 Å². The molecule has 95 heavy (non-hydrogen) atoms. The van der Waals surface area contributed by atoms with Crippen LogP contribution in [0, 0.1) is 0 Å². The second-order valence-corrected chi connectivity index (χ2v) is 31.5. The molecule has 1 aliphatic carbocycles. The van der Waals surface area contributed by atoms with Crippen molar-refractivity contribution >= 4 is 5.91 Å². The van der Waals surface area contributed by atoms with Crippen LogP contribution in [0.25, 0.3) is 0 Å². The molecule has 0 radical (unpaired) electrons. The van der Waals surface area contributed by atoms with Gasteiger partial charge in [-0.2, -0.15) is 0 Å². The van der Waals surface area contributed by atoms with E-state index in [1.54, 1.807) is 0 Å². The number of hydrogen-bond acceptors (Lipinski definition) is 7. The molecule has 0 saturated heterocycles. The number of amides is 1. The molecule has 1 saturated carbocycles. The maximum Gasteiger partial charge on any atom is 0.220 e. The number of carbonyl (C=O) groups excluding carboxylic acids is 1. The van der Waals surface area contributed by atoms with E-state index in [1.165, 1.54) is 417 Å². The monoisotopic (exact) mass is 1340 g/mol. The minimum Gasteiger partial charge on any atom is -0.390 e. The van der Waals surface area contributed by atoms with Gasteiger partial charge >= 0.3 is 0 Å². The average Bonchev–Trinajstić information content (AvgIpc) is 1.97. The van der Waals surface area contributed by atoms with Crippen molar-refractivity contribution in [1.29, 1.82) is 0 Å². The van der Waals surface area contributed by atoms with Crippen molar-refractivity contribution in [3.63, 3.8) is 0 Å². The number of hydrogen-bond donors (Lipinski definition) is 6. The fourth-order valence-corrected chi connectivity index (χ4v) is 15.3. The number of aliphatic hydroxyl groups excluding tert-OH is 5. The van der Waals surface area contributed by atoms with Gasteiger partial charge in [-0.15, -0.1) is 0 Å². The molecule has 0 aromatic carbocycles. The Morgan fingerprint density at radius 2 is 0.537 bits per heavy atom. The molecule has 568 valence electrons. The van der Waals surface area contributed by atoms with Crippen molar-refractivity contribution in [1.82, 2.24) is 5.32 Å². The summed E-state index contributed by atoms with van der Waals surface area (Å²) >= 11 is 0. The Hall–Kier alpha value is -0.770. The second kappa shape index (κ2) is 75.9. The first kappa shape index (κ1) is 92.2. The Balaban J connectivity index is 1.97. The predicted octanol–water partition coefficient (Wildman–Crippen LogP) is 26.4. The number of ether oxygens (including phenoxy) is 1. The van der Waals surface area contributed by atoms with E-state index < -0.39 is 42.7 Å². The first-order valence-corrected chi connectivity index (χ1v) is 44.1. The predicted molar refractivity (Wildman–Crippen MR) is 414 cm³/mol. The summed E-state index contributed by atoms with van der Waals surface area (Å²) in [4.78, 5) is 13.3. The molecule has 1 aliphatic rings. The zero-order valence-corrected chi connectivity index (χ0v) is 64.5. The highest BCUT2D eigenvalue weighted by Crippen LogP contribution is 2.25. The Kier molecular flexibility index (Phi) is 73.7. The molecule has 1 fully saturated rings. The van der Waals surface area contributed by atoms with Crippen molar-refractivity contribution < 1.29 is 35.1 Å². The summed E-state index contributed by atoms with van der Waals surface area (Å²) in [5.74, 6) is -0.163. The van der Waals surface area contributed by atoms with Crippen LogP contribution in [0.2, 0.25) is 0 Å². The van der Waals surface area contributed by atoms with E-state index in [0.29, 0.717) is 32.1 Å². The van der Waals surface area contributed by atoms with Crippen molar-refractivity contribution in [2.24, 2.45) is 0 Å². The normalized spacial score (nSPS) is 17.0. The van der Waals surface area contributed by atoms with E-state index in [0.717, 1.165) is 38.5 Å². The van der Waals surface area contributed by atoms with Gasteiger partial charge in [0.2, 0.25) is 5.91 Å². The van der Waals surface area contributed by atoms with E-state index in [-0.39, 0.29) is 12.5 Å². The quantitative estimate of drug-likeness (QED) is 0.0263. The standard InChI is InChI=1S/C87H173NO7/c1-3-5-7-9-11-13-15-17-19-21-23-25-27-29-30-31-32-33-34-35-36-37-38-39-40-41-42-43-44-45-46-47-48-49-51-53-55-57-59-61-63-65-67-69-71-73-78-84(91)88-80(79-95-83-77-74-76-82(90)86(93)87(83)94)85(92)81(89)75-72-70-68-66-64-62-60-58-56-54-52-50-28-26-24-22-20-18-16-14-12-10-8-6-4-2/h80-83,85-87,89-90,92-94H,3-79H2,1-2H3,(H,88,91)/t80-,81+,82-,83-,85-,86-,87-/m0/s1. The van der Waals surface area contributed by atoms with Gasteiger partial charge < -0.3 is 35.6 Å². The summed E-state index contributed by atoms with van der Waals surface area (Å²) in [5.41, 5.74) is 0. The molecule has 0 bridgehead atoms. The van der Waals surface area contributed by atoms with Crippen molar-refractivity contribution in [3.05, 3.63) is 0 Å². The summed E-state index contributed by atoms with van der Waals surface area (Å²) in [5, 5.41) is 56.9. The third kappa shape index (κ3) is 65.0. The Morgan fingerprint density at radius 3 is 0.779 bits per heavy atom.